The Labute approximate surface area is 95.3 Å². The van der Waals surface area contributed by atoms with Crippen molar-refractivity contribution in [1.82, 2.24) is 25.6 Å². The lowest BCUT2D eigenvalue weighted by atomic mass is 10.3. The largest absolute Gasteiger partial charge is 0.299 e. The summed E-state index contributed by atoms with van der Waals surface area (Å²) in [6.45, 7) is 3.99. The number of aromatic nitrogens is 5. The van der Waals surface area contributed by atoms with E-state index in [-0.39, 0.29) is 5.82 Å². The standard InChI is InChI=1S/C8H10N6OS/c1-3-5-4(2)16-8(9-5)10-7(15)6-11-13-14-12-6/h3H2,1-2H3,(H,9,10,15)(H,11,12,13,14). The van der Waals surface area contributed by atoms with Crippen molar-refractivity contribution in [3.63, 3.8) is 0 Å². The molecule has 0 aliphatic heterocycles. The second-order valence-electron chi connectivity index (χ2n) is 3.06. The molecule has 0 atom stereocenters. The van der Waals surface area contributed by atoms with Gasteiger partial charge in [0, 0.05) is 4.88 Å². The van der Waals surface area contributed by atoms with Gasteiger partial charge in [0.15, 0.2) is 5.13 Å². The number of amides is 1. The first-order valence-electron chi connectivity index (χ1n) is 4.71. The fourth-order valence-electron chi connectivity index (χ4n) is 1.22. The van der Waals surface area contributed by atoms with Crippen LogP contribution in [0.3, 0.4) is 0 Å². The van der Waals surface area contributed by atoms with Gasteiger partial charge < -0.3 is 0 Å². The molecule has 0 fully saturated rings. The van der Waals surface area contributed by atoms with Gasteiger partial charge in [-0.3, -0.25) is 10.1 Å². The number of hydrogen-bond donors (Lipinski definition) is 2. The highest BCUT2D eigenvalue weighted by Gasteiger charge is 2.14. The molecule has 0 unspecified atom stereocenters. The Balaban J connectivity index is 2.12. The summed E-state index contributed by atoms with van der Waals surface area (Å²) in [5, 5.41) is 15.9. The Bertz CT molecular complexity index is 491. The van der Waals surface area contributed by atoms with Crippen LogP contribution in [0.25, 0.3) is 0 Å². The van der Waals surface area contributed by atoms with Crippen molar-refractivity contribution < 1.29 is 4.79 Å². The van der Waals surface area contributed by atoms with E-state index in [1.165, 1.54) is 11.3 Å². The highest BCUT2D eigenvalue weighted by Crippen LogP contribution is 2.22. The summed E-state index contributed by atoms with van der Waals surface area (Å²) in [6, 6.07) is 0. The van der Waals surface area contributed by atoms with Crippen molar-refractivity contribution in [2.45, 2.75) is 20.3 Å². The number of thiazole rings is 1. The Kier molecular flexibility index (Phi) is 2.91. The number of nitrogens with one attached hydrogen (secondary N) is 2. The topological polar surface area (TPSA) is 96.5 Å². The summed E-state index contributed by atoms with van der Waals surface area (Å²) in [7, 11) is 0. The molecule has 2 heterocycles. The number of carbonyl (C=O) groups is 1. The molecule has 2 aromatic rings. The number of hydrogen-bond acceptors (Lipinski definition) is 6. The monoisotopic (exact) mass is 238 g/mol. The van der Waals surface area contributed by atoms with Gasteiger partial charge in [0.2, 0.25) is 0 Å². The molecule has 2 rings (SSSR count). The molecule has 8 heteroatoms. The Morgan fingerprint density at radius 3 is 2.94 bits per heavy atom. The molecule has 0 saturated heterocycles. The summed E-state index contributed by atoms with van der Waals surface area (Å²) in [6.07, 6.45) is 0.848. The fourth-order valence-corrected chi connectivity index (χ4v) is 2.12. The van der Waals surface area contributed by atoms with Crippen molar-refractivity contribution in [3.8, 4) is 0 Å². The van der Waals surface area contributed by atoms with Gasteiger partial charge in [-0.1, -0.05) is 6.92 Å². The van der Waals surface area contributed by atoms with Crippen LogP contribution in [-0.2, 0) is 6.42 Å². The predicted molar refractivity (Wildman–Crippen MR) is 58.4 cm³/mol. The third-order valence-electron chi connectivity index (χ3n) is 2.00. The molecule has 0 spiro atoms. The SMILES string of the molecule is CCc1nc(NC(=O)c2nn[nH]n2)sc1C. The van der Waals surface area contributed by atoms with Crippen LogP contribution in [0, 0.1) is 6.92 Å². The minimum atomic E-state index is -0.412. The summed E-state index contributed by atoms with van der Waals surface area (Å²) >= 11 is 1.44. The molecule has 1 amide bonds. The second kappa shape index (κ2) is 4.35. The number of anilines is 1. The van der Waals surface area contributed by atoms with Gasteiger partial charge in [-0.25, -0.2) is 4.98 Å². The molecule has 0 aliphatic rings. The van der Waals surface area contributed by atoms with Crippen LogP contribution in [-0.4, -0.2) is 31.5 Å². The highest BCUT2D eigenvalue weighted by atomic mass is 32.1. The number of nitrogens with zero attached hydrogens (tertiary/aromatic N) is 4. The molecule has 0 saturated carbocycles. The molecule has 2 N–H and O–H groups in total. The van der Waals surface area contributed by atoms with E-state index in [9.17, 15) is 4.79 Å². The first-order chi connectivity index (χ1) is 7.70. The summed E-state index contributed by atoms with van der Waals surface area (Å²) in [5.41, 5.74) is 0.994. The van der Waals surface area contributed by atoms with E-state index < -0.39 is 5.91 Å². The van der Waals surface area contributed by atoms with Crippen LogP contribution >= 0.6 is 11.3 Å². The van der Waals surface area contributed by atoms with E-state index >= 15 is 0 Å². The Hall–Kier alpha value is -1.83. The van der Waals surface area contributed by atoms with Crippen LogP contribution in [0.5, 0.6) is 0 Å². The van der Waals surface area contributed by atoms with E-state index in [0.29, 0.717) is 5.13 Å². The minimum absolute atomic E-state index is 0.00546. The quantitative estimate of drug-likeness (QED) is 0.823. The maximum atomic E-state index is 11.6. The summed E-state index contributed by atoms with van der Waals surface area (Å²) in [5.74, 6) is -0.406. The van der Waals surface area contributed by atoms with Crippen molar-refractivity contribution in [2.75, 3.05) is 5.32 Å². The smallest absolute Gasteiger partial charge is 0.295 e. The third kappa shape index (κ3) is 2.06. The summed E-state index contributed by atoms with van der Waals surface area (Å²) < 4.78 is 0. The number of H-pyrrole nitrogens is 1. The molecular formula is C8H10N6OS. The maximum Gasteiger partial charge on any atom is 0.299 e. The highest BCUT2D eigenvalue weighted by molar-refractivity contribution is 7.15. The van der Waals surface area contributed by atoms with Crippen molar-refractivity contribution in [1.29, 1.82) is 0 Å². The first kappa shape index (κ1) is 10.7. The predicted octanol–water partition coefficient (Wildman–Crippen LogP) is 0.779. The number of aryl methyl sites for hydroxylation is 2. The van der Waals surface area contributed by atoms with Gasteiger partial charge in [-0.2, -0.15) is 5.21 Å². The second-order valence-corrected chi connectivity index (χ2v) is 4.27. The average molecular weight is 238 g/mol. The lowest BCUT2D eigenvalue weighted by molar-refractivity contribution is 0.101. The van der Waals surface area contributed by atoms with Gasteiger partial charge in [-0.05, 0) is 18.6 Å². The number of carbonyl (C=O) groups excluding carboxylic acids is 1. The van der Waals surface area contributed by atoms with Crippen molar-refractivity contribution in [2.24, 2.45) is 0 Å². The average Bonchev–Trinajstić information content (AvgIpc) is 2.87. The van der Waals surface area contributed by atoms with Crippen LogP contribution in [0.1, 0.15) is 28.1 Å². The van der Waals surface area contributed by atoms with Crippen LogP contribution < -0.4 is 5.32 Å². The van der Waals surface area contributed by atoms with E-state index in [4.69, 9.17) is 0 Å². The lowest BCUT2D eigenvalue weighted by Crippen LogP contribution is -2.13. The van der Waals surface area contributed by atoms with Crippen molar-refractivity contribution >= 4 is 22.4 Å². The molecule has 7 nitrogen and oxygen atoms in total. The molecule has 0 aromatic carbocycles. The molecule has 2 aromatic heterocycles. The lowest BCUT2D eigenvalue weighted by Gasteiger charge is -1.94. The zero-order chi connectivity index (χ0) is 11.5. The van der Waals surface area contributed by atoms with Gasteiger partial charge in [0.25, 0.3) is 11.7 Å². The molecule has 84 valence electrons. The van der Waals surface area contributed by atoms with Crippen molar-refractivity contribution in [3.05, 3.63) is 16.4 Å². The molecule has 0 bridgehead atoms. The molecule has 0 radical (unpaired) electrons. The van der Waals surface area contributed by atoms with Crippen LogP contribution in [0.15, 0.2) is 0 Å². The Morgan fingerprint density at radius 1 is 1.56 bits per heavy atom. The van der Waals surface area contributed by atoms with Crippen LogP contribution in [0.4, 0.5) is 5.13 Å². The fraction of sp³-hybridized carbons (Fsp3) is 0.375. The third-order valence-corrected chi connectivity index (χ3v) is 2.92. The molecule has 16 heavy (non-hydrogen) atoms. The number of tetrazole rings is 1. The van der Waals surface area contributed by atoms with Gasteiger partial charge >= 0.3 is 0 Å². The molecular weight excluding hydrogens is 228 g/mol. The normalized spacial score (nSPS) is 10.4. The first-order valence-corrected chi connectivity index (χ1v) is 5.53. The van der Waals surface area contributed by atoms with Gasteiger partial charge in [-0.15, -0.1) is 21.5 Å². The number of rotatable bonds is 3. The van der Waals surface area contributed by atoms with E-state index in [2.05, 4.69) is 30.9 Å². The van der Waals surface area contributed by atoms with Gasteiger partial charge in [0.05, 0.1) is 5.69 Å². The number of aromatic amines is 1. The van der Waals surface area contributed by atoms with E-state index in [1.54, 1.807) is 0 Å². The van der Waals surface area contributed by atoms with Crippen LogP contribution in [0.2, 0.25) is 0 Å². The maximum absolute atomic E-state index is 11.6. The van der Waals surface area contributed by atoms with E-state index in [1.807, 2.05) is 13.8 Å². The molecule has 0 aliphatic carbocycles. The Morgan fingerprint density at radius 2 is 2.38 bits per heavy atom. The summed E-state index contributed by atoms with van der Waals surface area (Å²) in [4.78, 5) is 16.9. The zero-order valence-electron chi connectivity index (χ0n) is 8.81. The van der Waals surface area contributed by atoms with Gasteiger partial charge in [0.1, 0.15) is 0 Å². The minimum Gasteiger partial charge on any atom is -0.295 e. The van der Waals surface area contributed by atoms with E-state index in [0.717, 1.165) is 17.0 Å². The zero-order valence-corrected chi connectivity index (χ0v) is 9.63.